The summed E-state index contributed by atoms with van der Waals surface area (Å²) in [5.41, 5.74) is 5.48. The van der Waals surface area contributed by atoms with Gasteiger partial charge >= 0.3 is 0 Å². The minimum Gasteiger partial charge on any atom is -0.394 e. The van der Waals surface area contributed by atoms with E-state index in [4.69, 9.17) is 20.3 Å². The Hall–Kier alpha value is -0.240. The summed E-state index contributed by atoms with van der Waals surface area (Å²) in [5, 5.41) is 27.6. The summed E-state index contributed by atoms with van der Waals surface area (Å²) in [7, 11) is 1.35. The van der Waals surface area contributed by atoms with Crippen molar-refractivity contribution in [2.75, 3.05) is 13.7 Å². The van der Waals surface area contributed by atoms with Crippen molar-refractivity contribution in [3.05, 3.63) is 0 Å². The molecule has 1 aliphatic rings. The molecule has 1 saturated heterocycles. The van der Waals surface area contributed by atoms with Gasteiger partial charge < -0.3 is 30.5 Å². The molecule has 0 saturated carbocycles. The Balaban J connectivity index is 2.66. The monoisotopic (exact) mass is 193 g/mol. The zero-order valence-corrected chi connectivity index (χ0v) is 7.33. The average molecular weight is 193 g/mol. The highest BCUT2D eigenvalue weighted by Crippen LogP contribution is 2.19. The predicted octanol–water partition coefficient (Wildman–Crippen LogP) is -2.60. The Kier molecular flexibility index (Phi) is 3.60. The zero-order chi connectivity index (χ0) is 10.0. The third-order valence-electron chi connectivity index (χ3n) is 2.17. The first-order valence-corrected chi connectivity index (χ1v) is 4.02. The molecular weight excluding hydrogens is 178 g/mol. The van der Waals surface area contributed by atoms with Gasteiger partial charge in [-0.2, -0.15) is 0 Å². The van der Waals surface area contributed by atoms with Crippen molar-refractivity contribution in [2.45, 2.75) is 30.6 Å². The number of rotatable bonds is 2. The van der Waals surface area contributed by atoms with E-state index in [-0.39, 0.29) is 6.61 Å². The van der Waals surface area contributed by atoms with E-state index in [1.807, 2.05) is 0 Å². The van der Waals surface area contributed by atoms with Gasteiger partial charge in [0, 0.05) is 7.11 Å². The summed E-state index contributed by atoms with van der Waals surface area (Å²) in [4.78, 5) is 0. The Morgan fingerprint density at radius 2 is 2.00 bits per heavy atom. The summed E-state index contributed by atoms with van der Waals surface area (Å²) >= 11 is 0. The van der Waals surface area contributed by atoms with Crippen molar-refractivity contribution in [3.63, 3.8) is 0 Å². The van der Waals surface area contributed by atoms with E-state index < -0.39 is 30.6 Å². The Morgan fingerprint density at radius 3 is 2.46 bits per heavy atom. The molecule has 6 nitrogen and oxygen atoms in total. The molecule has 0 bridgehead atoms. The molecule has 1 aliphatic heterocycles. The molecule has 0 aliphatic carbocycles. The summed E-state index contributed by atoms with van der Waals surface area (Å²) in [6.45, 7) is -0.360. The van der Waals surface area contributed by atoms with E-state index in [0.717, 1.165) is 0 Å². The van der Waals surface area contributed by atoms with Crippen LogP contribution in [0.1, 0.15) is 0 Å². The lowest BCUT2D eigenvalue weighted by atomic mass is 9.97. The molecular formula is C7H15NO5. The predicted molar refractivity (Wildman–Crippen MR) is 42.7 cm³/mol. The van der Waals surface area contributed by atoms with Gasteiger partial charge in [0.2, 0.25) is 0 Å². The first kappa shape index (κ1) is 10.8. The molecule has 78 valence electrons. The highest BCUT2D eigenvalue weighted by molar-refractivity contribution is 4.91. The van der Waals surface area contributed by atoms with Crippen LogP contribution < -0.4 is 5.73 Å². The van der Waals surface area contributed by atoms with Crippen molar-refractivity contribution >= 4 is 0 Å². The Bertz CT molecular complexity index is 147. The second kappa shape index (κ2) is 4.32. The van der Waals surface area contributed by atoms with Crippen LogP contribution in [0.15, 0.2) is 0 Å². The molecule has 0 spiro atoms. The lowest BCUT2D eigenvalue weighted by molar-refractivity contribution is -0.267. The van der Waals surface area contributed by atoms with Crippen molar-refractivity contribution in [3.8, 4) is 0 Å². The molecule has 5 atom stereocenters. The minimum absolute atomic E-state index is 0.360. The van der Waals surface area contributed by atoms with Gasteiger partial charge in [-0.05, 0) is 0 Å². The van der Waals surface area contributed by atoms with Gasteiger partial charge in [-0.25, -0.2) is 0 Å². The number of methoxy groups -OCH3 is 1. The van der Waals surface area contributed by atoms with E-state index in [2.05, 4.69) is 0 Å². The maximum absolute atomic E-state index is 9.40. The standard InChI is InChI=1S/C7H15NO5/c1-12-7-6(11)4(8)5(10)3(2-9)13-7/h3-7,9-11H,2,8H2,1H3/t3-,4-,5-,6+,7?/m1/s1. The molecule has 6 heteroatoms. The van der Waals surface area contributed by atoms with Gasteiger partial charge in [-0.1, -0.05) is 0 Å². The lowest BCUT2D eigenvalue weighted by Crippen LogP contribution is -2.62. The van der Waals surface area contributed by atoms with E-state index in [0.29, 0.717) is 0 Å². The van der Waals surface area contributed by atoms with E-state index in [9.17, 15) is 10.2 Å². The molecule has 0 radical (unpaired) electrons. The molecule has 0 aromatic carbocycles. The number of ether oxygens (including phenoxy) is 2. The van der Waals surface area contributed by atoms with Crippen LogP contribution in [0.5, 0.6) is 0 Å². The third-order valence-corrected chi connectivity index (χ3v) is 2.17. The Labute approximate surface area is 75.9 Å². The van der Waals surface area contributed by atoms with Crippen molar-refractivity contribution < 1.29 is 24.8 Å². The first-order valence-electron chi connectivity index (χ1n) is 4.02. The van der Waals surface area contributed by atoms with E-state index in [1.54, 1.807) is 0 Å². The number of aliphatic hydroxyl groups excluding tert-OH is 3. The molecule has 1 heterocycles. The summed E-state index contributed by atoms with van der Waals surface area (Å²) in [6.07, 6.45) is -3.85. The number of hydrogen-bond acceptors (Lipinski definition) is 6. The molecule has 13 heavy (non-hydrogen) atoms. The average Bonchev–Trinajstić information content (AvgIpc) is 2.15. The third kappa shape index (κ3) is 1.98. The highest BCUT2D eigenvalue weighted by atomic mass is 16.7. The lowest BCUT2D eigenvalue weighted by Gasteiger charge is -2.39. The molecule has 0 amide bonds. The van der Waals surface area contributed by atoms with Crippen LogP contribution in [-0.4, -0.2) is 59.7 Å². The fourth-order valence-corrected chi connectivity index (χ4v) is 1.31. The van der Waals surface area contributed by atoms with Gasteiger partial charge in [0.05, 0.1) is 12.6 Å². The molecule has 1 rings (SSSR count). The quantitative estimate of drug-likeness (QED) is 0.383. The van der Waals surface area contributed by atoms with Crippen LogP contribution in [0.25, 0.3) is 0 Å². The van der Waals surface area contributed by atoms with Gasteiger partial charge in [-0.3, -0.25) is 0 Å². The summed E-state index contributed by atoms with van der Waals surface area (Å²) < 4.78 is 9.81. The zero-order valence-electron chi connectivity index (χ0n) is 7.33. The maximum atomic E-state index is 9.40. The van der Waals surface area contributed by atoms with Crippen LogP contribution >= 0.6 is 0 Å². The normalized spacial score (nSPS) is 46.4. The first-order chi connectivity index (χ1) is 6.11. The van der Waals surface area contributed by atoms with E-state index in [1.165, 1.54) is 7.11 Å². The van der Waals surface area contributed by atoms with Gasteiger partial charge in [-0.15, -0.1) is 0 Å². The second-order valence-electron chi connectivity index (χ2n) is 3.02. The van der Waals surface area contributed by atoms with Crippen molar-refractivity contribution in [1.29, 1.82) is 0 Å². The number of aliphatic hydroxyl groups is 3. The molecule has 1 unspecified atom stereocenters. The maximum Gasteiger partial charge on any atom is 0.185 e. The topological polar surface area (TPSA) is 105 Å². The minimum atomic E-state index is -1.08. The van der Waals surface area contributed by atoms with E-state index >= 15 is 0 Å². The van der Waals surface area contributed by atoms with Crippen LogP contribution in [0, 0.1) is 0 Å². The SMILES string of the molecule is COC1O[C@H](CO)[C@@H](O)[C@@H](N)[C@@H]1O. The van der Waals surface area contributed by atoms with Gasteiger partial charge in [0.1, 0.15) is 18.3 Å². The van der Waals surface area contributed by atoms with Crippen LogP contribution in [0.3, 0.4) is 0 Å². The fraction of sp³-hybridized carbons (Fsp3) is 1.00. The van der Waals surface area contributed by atoms with Crippen LogP contribution in [-0.2, 0) is 9.47 Å². The molecule has 1 fully saturated rings. The Morgan fingerprint density at radius 1 is 1.38 bits per heavy atom. The number of hydrogen-bond donors (Lipinski definition) is 4. The van der Waals surface area contributed by atoms with Crippen LogP contribution in [0.4, 0.5) is 0 Å². The molecule has 0 aromatic heterocycles. The van der Waals surface area contributed by atoms with Crippen molar-refractivity contribution in [2.24, 2.45) is 5.73 Å². The van der Waals surface area contributed by atoms with Crippen molar-refractivity contribution in [1.82, 2.24) is 0 Å². The molecule has 0 aromatic rings. The molecule has 5 N–H and O–H groups in total. The number of nitrogens with two attached hydrogens (primary N) is 1. The van der Waals surface area contributed by atoms with Crippen LogP contribution in [0.2, 0.25) is 0 Å². The summed E-state index contributed by atoms with van der Waals surface area (Å²) in [5.74, 6) is 0. The smallest absolute Gasteiger partial charge is 0.185 e. The second-order valence-corrected chi connectivity index (χ2v) is 3.02. The summed E-state index contributed by atoms with van der Waals surface area (Å²) in [6, 6.07) is -0.865. The fourth-order valence-electron chi connectivity index (χ4n) is 1.31. The largest absolute Gasteiger partial charge is 0.394 e. The van der Waals surface area contributed by atoms with Gasteiger partial charge in [0.15, 0.2) is 6.29 Å². The van der Waals surface area contributed by atoms with Gasteiger partial charge in [0.25, 0.3) is 0 Å². The highest BCUT2D eigenvalue weighted by Gasteiger charge is 2.42.